The van der Waals surface area contributed by atoms with E-state index in [4.69, 9.17) is 59.8 Å². The molecule has 0 spiro atoms. The number of para-hydroxylation sites is 4. The number of aromatic nitrogens is 15. The number of fused-ring (bicyclic) bond motifs is 18. The first-order valence-corrected chi connectivity index (χ1v) is 51.0. The van der Waals surface area contributed by atoms with E-state index in [0.717, 1.165) is 133 Å². The first kappa shape index (κ1) is 88.3. The largest absolute Gasteiger partial charge is 0.309 e. The second-order valence-electron chi connectivity index (χ2n) is 40.6. The molecule has 26 aromatic rings. The average molecular weight is 1930 g/mol. The minimum absolute atomic E-state index is 0.161. The molecule has 7 aromatic heterocycles. The molecule has 0 saturated heterocycles. The third-order valence-corrected chi connectivity index (χ3v) is 30.7. The molecule has 19 aromatic carbocycles. The van der Waals surface area contributed by atoms with Gasteiger partial charge in [0.05, 0.1) is 44.5 Å². The van der Waals surface area contributed by atoms with E-state index in [1.54, 1.807) is 0 Å². The second kappa shape index (κ2) is 35.0. The molecule has 0 bridgehead atoms. The fourth-order valence-corrected chi connectivity index (χ4v) is 23.5. The highest BCUT2D eigenvalue weighted by molar-refractivity contribution is 6.20. The summed E-state index contributed by atoms with van der Waals surface area (Å²) in [6, 6.07) is 160. The van der Waals surface area contributed by atoms with E-state index in [9.17, 15) is 0 Å². The lowest BCUT2D eigenvalue weighted by Crippen LogP contribution is -2.17. The maximum Gasteiger partial charge on any atom is 0.166 e. The smallest absolute Gasteiger partial charge is 0.166 e. The summed E-state index contributed by atoms with van der Waals surface area (Å²) >= 11 is 0. The molecular weight excluding hydrogens is 1830 g/mol. The highest BCUT2D eigenvalue weighted by Crippen LogP contribution is 2.56. The molecule has 0 N–H and O–H groups in total. The average Bonchev–Trinajstić information content (AvgIpc) is 1.54. The van der Waals surface area contributed by atoms with Crippen molar-refractivity contribution in [3.05, 3.63) is 488 Å². The topological polar surface area (TPSA) is 169 Å². The predicted octanol–water partition coefficient (Wildman–Crippen LogP) is 32.3. The molecule has 0 fully saturated rings. The molecule has 0 radical (unpaired) electrons. The van der Waals surface area contributed by atoms with Gasteiger partial charge in [-0.3, -0.25) is 0 Å². The summed E-state index contributed by atoms with van der Waals surface area (Å²) in [5.41, 5.74) is 34.5. The van der Waals surface area contributed by atoms with Crippen molar-refractivity contribution in [3.8, 4) is 187 Å². The van der Waals surface area contributed by atoms with Crippen LogP contribution in [0, 0.1) is 0 Å². The van der Waals surface area contributed by atoms with E-state index in [2.05, 4.69) is 352 Å². The van der Waals surface area contributed by atoms with Gasteiger partial charge in [0.2, 0.25) is 0 Å². The zero-order valence-corrected chi connectivity index (χ0v) is 83.0. The number of rotatable bonds is 15. The Morgan fingerprint density at radius 2 is 0.413 bits per heavy atom. The van der Waals surface area contributed by atoms with Crippen LogP contribution < -0.4 is 0 Å². The molecule has 0 atom stereocenters. The van der Waals surface area contributed by atoms with Crippen LogP contribution in [0.5, 0.6) is 0 Å². The van der Waals surface area contributed by atoms with Crippen LogP contribution in [0.2, 0.25) is 0 Å². The van der Waals surface area contributed by atoms with Crippen LogP contribution in [0.15, 0.2) is 455 Å². The summed E-state index contributed by atoms with van der Waals surface area (Å²) in [4.78, 5) is 63.8. The lowest BCUT2D eigenvalue weighted by molar-refractivity contribution is 0.660. The Labute approximate surface area is 866 Å². The first-order chi connectivity index (χ1) is 73.6. The standard InChI is InChI=1S/C69H46N8.C66H47N7/c1-69(2)56-35-18-15-30-48(56)51-33-21-34-52(62(51)69)67-72-65(45-26-11-5-12-27-45)71-66(75-67)46-38-39-59(55(40-46)68-73-63(43-22-7-3-8-23-43)70-64(74-68)44-24-9-4-10-25-44)77-58-37-20-17-32-50(58)54-41-60-53(42-61(54)77)49-31-16-19-36-57(49)76(60)47-28-13-6-14-29-47;1-65(2)52-29-17-14-26-45(52)47-34-32-44(37-54(47)65)63-69-59(40-20-8-5-9-21-40)68-62(70-63)43-33-35-57(51(36-43)64-71-60(41-22-10-6-11-23-41)67-61(72-64)42-24-12-7-13-25-42)73-56-31-19-16-28-48(56)50-38-55-49(39-58(50)73)46-27-15-18-30-53(46)66(55,3)4/h3-42H,1-2H3;5-39H,1-4H3. The SMILES string of the molecule is CC1(C)c2ccccc2-c2ccc(-c3nc(-c4ccccc4)nc(-c4ccc(-n5c6ccccc6c6cc7c(cc65)-c5ccccc5C7(C)C)c(-c5nc(-c6ccccc6)nc(-c6ccccc6)n5)c4)n3)cc21.CC1(C)c2ccccc2-c2cccc(-c3nc(-c4ccccc4)nc(-c4ccc(-n5c6ccccc6c6cc7c(cc65)c5ccccc5n7-c5ccccc5)c(-c5nc(-c6ccccc6)nc(-c6ccccc6)n5)c4)n3)c21. The molecule has 15 heteroatoms. The molecule has 7 heterocycles. The van der Waals surface area contributed by atoms with Crippen molar-refractivity contribution in [3.63, 3.8) is 0 Å². The number of benzene rings is 19. The summed E-state index contributed by atoms with van der Waals surface area (Å²) in [6.07, 6.45) is 0. The van der Waals surface area contributed by atoms with Crippen molar-refractivity contribution in [1.29, 1.82) is 0 Å². The summed E-state index contributed by atoms with van der Waals surface area (Å²) in [5, 5.41) is 6.94. The highest BCUT2D eigenvalue weighted by Gasteiger charge is 2.41. The van der Waals surface area contributed by atoms with Crippen molar-refractivity contribution in [2.75, 3.05) is 0 Å². The van der Waals surface area contributed by atoms with E-state index in [1.807, 2.05) is 158 Å². The molecule has 3 aliphatic rings. The van der Waals surface area contributed by atoms with Crippen molar-refractivity contribution in [2.24, 2.45) is 0 Å². The van der Waals surface area contributed by atoms with E-state index < -0.39 is 0 Å². The zero-order chi connectivity index (χ0) is 100. The third-order valence-electron chi connectivity index (χ3n) is 30.7. The van der Waals surface area contributed by atoms with Gasteiger partial charge >= 0.3 is 0 Å². The van der Waals surface area contributed by atoms with E-state index in [1.165, 1.54) is 82.9 Å². The molecule has 0 amide bonds. The van der Waals surface area contributed by atoms with Gasteiger partial charge in [0, 0.05) is 121 Å². The van der Waals surface area contributed by atoms with Gasteiger partial charge in [-0.1, -0.05) is 399 Å². The van der Waals surface area contributed by atoms with E-state index >= 15 is 0 Å². The molecule has 708 valence electrons. The normalized spacial score (nSPS) is 13.2. The van der Waals surface area contributed by atoms with Gasteiger partial charge in [0.15, 0.2) is 69.9 Å². The van der Waals surface area contributed by atoms with Gasteiger partial charge in [-0.05, 0) is 164 Å². The van der Waals surface area contributed by atoms with Gasteiger partial charge in [-0.15, -0.1) is 0 Å². The van der Waals surface area contributed by atoms with E-state index in [-0.39, 0.29) is 16.2 Å². The van der Waals surface area contributed by atoms with Gasteiger partial charge in [-0.25, -0.2) is 59.8 Å². The lowest BCUT2D eigenvalue weighted by atomic mass is 9.80. The highest BCUT2D eigenvalue weighted by atomic mass is 15.1. The molecule has 3 aliphatic carbocycles. The molecule has 15 nitrogen and oxygen atoms in total. The molecule has 0 aliphatic heterocycles. The quantitative estimate of drug-likeness (QED) is 0.0953. The van der Waals surface area contributed by atoms with Gasteiger partial charge in [0.1, 0.15) is 0 Å². The Bertz CT molecular complexity index is 9860. The Balaban J connectivity index is 0.000000144. The number of hydrogen-bond donors (Lipinski definition) is 0. The Morgan fingerprint density at radius 3 is 0.820 bits per heavy atom. The van der Waals surface area contributed by atoms with E-state index in [0.29, 0.717) is 69.9 Å². The fourth-order valence-electron chi connectivity index (χ4n) is 23.5. The van der Waals surface area contributed by atoms with Crippen molar-refractivity contribution in [1.82, 2.24) is 73.5 Å². The molecular formula is C135H93N15. The summed E-state index contributed by atoms with van der Waals surface area (Å²) in [5.74, 6) is 6.79. The number of hydrogen-bond acceptors (Lipinski definition) is 12. The zero-order valence-electron chi connectivity index (χ0n) is 83.0. The van der Waals surface area contributed by atoms with Crippen molar-refractivity contribution in [2.45, 2.75) is 57.8 Å². The summed E-state index contributed by atoms with van der Waals surface area (Å²) in [6.45, 7) is 13.9. The molecule has 150 heavy (non-hydrogen) atoms. The van der Waals surface area contributed by atoms with Crippen LogP contribution in [0.1, 0.15) is 74.9 Å². The van der Waals surface area contributed by atoms with Crippen LogP contribution in [0.3, 0.4) is 0 Å². The van der Waals surface area contributed by atoms with Crippen molar-refractivity contribution < 1.29 is 0 Å². The summed E-state index contributed by atoms with van der Waals surface area (Å²) in [7, 11) is 0. The van der Waals surface area contributed by atoms with Crippen LogP contribution >= 0.6 is 0 Å². The number of nitrogens with zero attached hydrogens (tertiary/aromatic N) is 15. The predicted molar refractivity (Wildman–Crippen MR) is 607 cm³/mol. The van der Waals surface area contributed by atoms with Crippen molar-refractivity contribution >= 4 is 65.4 Å². The lowest BCUT2D eigenvalue weighted by Gasteiger charge is -2.24. The van der Waals surface area contributed by atoms with Crippen LogP contribution in [0.4, 0.5) is 0 Å². The maximum absolute atomic E-state index is 5.47. The first-order valence-electron chi connectivity index (χ1n) is 51.0. The van der Waals surface area contributed by atoms with Crippen LogP contribution in [-0.2, 0) is 16.2 Å². The fraction of sp³-hybridized carbons (Fsp3) is 0.0667. The molecule has 0 unspecified atom stereocenters. The minimum atomic E-state index is -0.299. The van der Waals surface area contributed by atoms with Gasteiger partial charge in [0.25, 0.3) is 0 Å². The molecule has 29 rings (SSSR count). The Morgan fingerprint density at radius 1 is 0.147 bits per heavy atom. The monoisotopic (exact) mass is 1920 g/mol. The van der Waals surface area contributed by atoms with Gasteiger partial charge in [-0.2, -0.15) is 0 Å². The minimum Gasteiger partial charge on any atom is -0.309 e. The third kappa shape index (κ3) is 14.5. The second-order valence-corrected chi connectivity index (χ2v) is 40.6. The maximum atomic E-state index is 5.47. The Hall–Kier alpha value is -19.4. The summed E-state index contributed by atoms with van der Waals surface area (Å²) < 4.78 is 7.16. The van der Waals surface area contributed by atoms with Crippen LogP contribution in [-0.4, -0.2) is 73.5 Å². The molecule has 0 saturated carbocycles. The van der Waals surface area contributed by atoms with Crippen LogP contribution in [0.25, 0.3) is 253 Å². The Kier molecular flexibility index (Phi) is 20.6. The van der Waals surface area contributed by atoms with Gasteiger partial charge < -0.3 is 13.7 Å².